The molecule has 1 aliphatic rings. The van der Waals surface area contributed by atoms with Crippen LogP contribution in [0, 0.1) is 0 Å². The lowest BCUT2D eigenvalue weighted by atomic mass is 10.2. The Hall–Kier alpha value is -1.10. The van der Waals surface area contributed by atoms with Crippen LogP contribution in [0.15, 0.2) is 24.3 Å². The van der Waals surface area contributed by atoms with E-state index >= 15 is 0 Å². The molecule has 0 aliphatic carbocycles. The molecule has 1 aromatic carbocycles. The Morgan fingerprint density at radius 1 is 1.30 bits per heavy atom. The van der Waals surface area contributed by atoms with Crippen LogP contribution in [0.1, 0.15) is 25.8 Å². The summed E-state index contributed by atoms with van der Waals surface area (Å²) < 4.78 is 16.8. The average Bonchev–Trinajstić information content (AvgIpc) is 2.95. The molecule has 1 saturated heterocycles. The van der Waals surface area contributed by atoms with Crippen LogP contribution in [-0.2, 0) is 16.0 Å². The van der Waals surface area contributed by atoms with Gasteiger partial charge in [-0.3, -0.25) is 0 Å². The minimum absolute atomic E-state index is 0.247. The third kappa shape index (κ3) is 5.12. The van der Waals surface area contributed by atoms with E-state index in [1.807, 2.05) is 18.2 Å². The van der Waals surface area contributed by atoms with Crippen LogP contribution < -0.4 is 10.1 Å². The van der Waals surface area contributed by atoms with Gasteiger partial charge in [-0.15, -0.1) is 0 Å². The number of para-hydroxylation sites is 1. The van der Waals surface area contributed by atoms with Gasteiger partial charge in [0, 0.05) is 24.8 Å². The van der Waals surface area contributed by atoms with Crippen molar-refractivity contribution in [3.05, 3.63) is 29.8 Å². The first-order chi connectivity index (χ1) is 9.75. The lowest BCUT2D eigenvalue weighted by molar-refractivity contribution is 0.0264. The van der Waals surface area contributed by atoms with E-state index in [0.29, 0.717) is 19.3 Å². The fourth-order valence-corrected chi connectivity index (χ4v) is 2.12. The number of benzene rings is 1. The molecule has 112 valence electrons. The Morgan fingerprint density at radius 3 is 2.90 bits per heavy atom. The summed E-state index contributed by atoms with van der Waals surface area (Å²) in [7, 11) is 0. The molecule has 1 aliphatic heterocycles. The van der Waals surface area contributed by atoms with Crippen LogP contribution in [0.2, 0.25) is 0 Å². The summed E-state index contributed by atoms with van der Waals surface area (Å²) in [6, 6.07) is 8.61. The lowest BCUT2D eigenvalue weighted by Gasteiger charge is -2.14. The molecule has 1 unspecified atom stereocenters. The minimum Gasteiger partial charge on any atom is -0.491 e. The topological polar surface area (TPSA) is 39.7 Å². The van der Waals surface area contributed by atoms with E-state index in [1.54, 1.807) is 0 Å². The largest absolute Gasteiger partial charge is 0.491 e. The summed E-state index contributed by atoms with van der Waals surface area (Å²) in [5.74, 6) is 0.937. The van der Waals surface area contributed by atoms with Crippen LogP contribution in [0.3, 0.4) is 0 Å². The molecule has 0 spiro atoms. The van der Waals surface area contributed by atoms with Crippen molar-refractivity contribution >= 4 is 0 Å². The molecule has 0 aromatic heterocycles. The molecule has 1 fully saturated rings. The highest BCUT2D eigenvalue weighted by Crippen LogP contribution is 2.18. The van der Waals surface area contributed by atoms with E-state index in [2.05, 4.69) is 25.2 Å². The second kappa shape index (κ2) is 8.25. The maximum atomic E-state index is 5.82. The molecular formula is C16H25NO3. The second-order valence-corrected chi connectivity index (χ2v) is 5.35. The van der Waals surface area contributed by atoms with Crippen molar-refractivity contribution in [2.45, 2.75) is 39.0 Å². The Bertz CT molecular complexity index is 389. The normalized spacial score (nSPS) is 18.6. The Labute approximate surface area is 121 Å². The van der Waals surface area contributed by atoms with Gasteiger partial charge in [-0.25, -0.2) is 0 Å². The van der Waals surface area contributed by atoms with Gasteiger partial charge in [0.2, 0.25) is 0 Å². The van der Waals surface area contributed by atoms with Crippen molar-refractivity contribution in [3.63, 3.8) is 0 Å². The molecule has 4 nitrogen and oxygen atoms in total. The monoisotopic (exact) mass is 279 g/mol. The molecule has 2 rings (SSSR count). The third-order valence-electron chi connectivity index (χ3n) is 3.26. The first kappa shape index (κ1) is 15.3. The van der Waals surface area contributed by atoms with Crippen LogP contribution in [0.5, 0.6) is 5.75 Å². The van der Waals surface area contributed by atoms with Gasteiger partial charge in [0.1, 0.15) is 12.4 Å². The van der Waals surface area contributed by atoms with Crippen LogP contribution >= 0.6 is 0 Å². The molecule has 4 heteroatoms. The van der Waals surface area contributed by atoms with Gasteiger partial charge >= 0.3 is 0 Å². The molecular weight excluding hydrogens is 254 g/mol. The fourth-order valence-electron chi connectivity index (χ4n) is 2.12. The number of hydrogen-bond donors (Lipinski definition) is 1. The quantitative estimate of drug-likeness (QED) is 0.742. The van der Waals surface area contributed by atoms with Gasteiger partial charge in [-0.1, -0.05) is 32.0 Å². The summed E-state index contributed by atoms with van der Waals surface area (Å²) in [5, 5.41) is 3.41. The van der Waals surface area contributed by atoms with Crippen molar-refractivity contribution in [2.75, 3.05) is 26.4 Å². The molecule has 1 heterocycles. The van der Waals surface area contributed by atoms with E-state index in [4.69, 9.17) is 14.2 Å². The molecule has 1 atom stereocenters. The van der Waals surface area contributed by atoms with Crippen molar-refractivity contribution in [3.8, 4) is 5.75 Å². The zero-order valence-electron chi connectivity index (χ0n) is 12.4. The molecule has 20 heavy (non-hydrogen) atoms. The average molecular weight is 279 g/mol. The molecule has 0 saturated carbocycles. The molecule has 0 amide bonds. The summed E-state index contributed by atoms with van der Waals surface area (Å²) in [6.07, 6.45) is 1.24. The summed E-state index contributed by atoms with van der Waals surface area (Å²) in [6.45, 7) is 7.83. The van der Waals surface area contributed by atoms with Gasteiger partial charge < -0.3 is 19.5 Å². The van der Waals surface area contributed by atoms with Crippen LogP contribution in [-0.4, -0.2) is 38.6 Å². The predicted molar refractivity (Wildman–Crippen MR) is 79.1 cm³/mol. The van der Waals surface area contributed by atoms with E-state index in [1.165, 1.54) is 5.56 Å². The standard InChI is InChI=1S/C16H25NO3/c1-13(2)17-11-14-5-3-4-6-16(14)20-10-9-19-15-7-8-18-12-15/h3-6,13,15,17H,7-12H2,1-2H3. The number of nitrogens with one attached hydrogen (secondary N) is 1. The zero-order chi connectivity index (χ0) is 14.2. The molecule has 0 radical (unpaired) electrons. The third-order valence-corrected chi connectivity index (χ3v) is 3.26. The Kier molecular flexibility index (Phi) is 6.30. The van der Waals surface area contributed by atoms with Crippen molar-refractivity contribution in [1.82, 2.24) is 5.32 Å². The van der Waals surface area contributed by atoms with Gasteiger partial charge in [-0.05, 0) is 12.5 Å². The highest BCUT2D eigenvalue weighted by Gasteiger charge is 2.15. The van der Waals surface area contributed by atoms with E-state index in [9.17, 15) is 0 Å². The van der Waals surface area contributed by atoms with Gasteiger partial charge in [0.05, 0.1) is 19.3 Å². The highest BCUT2D eigenvalue weighted by molar-refractivity contribution is 5.33. The maximum Gasteiger partial charge on any atom is 0.123 e. The van der Waals surface area contributed by atoms with E-state index in [-0.39, 0.29) is 6.10 Å². The zero-order valence-corrected chi connectivity index (χ0v) is 12.4. The summed E-state index contributed by atoms with van der Waals surface area (Å²) in [4.78, 5) is 0. The summed E-state index contributed by atoms with van der Waals surface area (Å²) in [5.41, 5.74) is 1.19. The highest BCUT2D eigenvalue weighted by atomic mass is 16.6. The van der Waals surface area contributed by atoms with E-state index < -0.39 is 0 Å². The predicted octanol–water partition coefficient (Wildman–Crippen LogP) is 2.37. The first-order valence-electron chi connectivity index (χ1n) is 7.39. The van der Waals surface area contributed by atoms with Crippen molar-refractivity contribution in [2.24, 2.45) is 0 Å². The van der Waals surface area contributed by atoms with Crippen LogP contribution in [0.4, 0.5) is 0 Å². The first-order valence-corrected chi connectivity index (χ1v) is 7.39. The number of ether oxygens (including phenoxy) is 3. The smallest absolute Gasteiger partial charge is 0.123 e. The lowest BCUT2D eigenvalue weighted by Crippen LogP contribution is -2.22. The maximum absolute atomic E-state index is 5.82. The van der Waals surface area contributed by atoms with Crippen molar-refractivity contribution in [1.29, 1.82) is 0 Å². The minimum atomic E-state index is 0.247. The second-order valence-electron chi connectivity index (χ2n) is 5.35. The van der Waals surface area contributed by atoms with E-state index in [0.717, 1.165) is 31.9 Å². The Balaban J connectivity index is 1.73. The SMILES string of the molecule is CC(C)NCc1ccccc1OCCOC1CCOC1. The van der Waals surface area contributed by atoms with Gasteiger partial charge in [0.15, 0.2) is 0 Å². The van der Waals surface area contributed by atoms with Gasteiger partial charge in [-0.2, -0.15) is 0 Å². The molecule has 1 N–H and O–H groups in total. The number of hydrogen-bond acceptors (Lipinski definition) is 4. The Morgan fingerprint density at radius 2 is 2.15 bits per heavy atom. The summed E-state index contributed by atoms with van der Waals surface area (Å²) >= 11 is 0. The van der Waals surface area contributed by atoms with Crippen LogP contribution in [0.25, 0.3) is 0 Å². The molecule has 1 aromatic rings. The fraction of sp³-hybridized carbons (Fsp3) is 0.625. The van der Waals surface area contributed by atoms with Gasteiger partial charge in [0.25, 0.3) is 0 Å². The van der Waals surface area contributed by atoms with Crippen molar-refractivity contribution < 1.29 is 14.2 Å². The number of rotatable bonds is 8. The molecule has 0 bridgehead atoms.